The molecule has 3 N–H and O–H groups in total. The molecule has 0 spiro atoms. The average molecular weight is 285 g/mol. The molecule has 0 radical (unpaired) electrons. The molecular formula is C14H21ClN2O2. The summed E-state index contributed by atoms with van der Waals surface area (Å²) in [4.78, 5) is 11.5. The molecule has 0 aliphatic carbocycles. The van der Waals surface area contributed by atoms with Gasteiger partial charge in [0, 0.05) is 18.1 Å². The summed E-state index contributed by atoms with van der Waals surface area (Å²) in [5.41, 5.74) is 0.757. The largest absolute Gasteiger partial charge is 0.387 e. The van der Waals surface area contributed by atoms with E-state index in [-0.39, 0.29) is 18.0 Å². The minimum Gasteiger partial charge on any atom is -0.387 e. The molecule has 0 saturated carbocycles. The second-order valence-corrected chi connectivity index (χ2v) is 6.13. The Morgan fingerprint density at radius 3 is 2.37 bits per heavy atom. The van der Waals surface area contributed by atoms with Gasteiger partial charge < -0.3 is 15.7 Å². The topological polar surface area (TPSA) is 61.4 Å². The predicted molar refractivity (Wildman–Crippen MR) is 77.3 cm³/mol. The fourth-order valence-corrected chi connectivity index (χ4v) is 1.53. The van der Waals surface area contributed by atoms with Gasteiger partial charge in [-0.25, -0.2) is 4.79 Å². The molecular weight excluding hydrogens is 264 g/mol. The van der Waals surface area contributed by atoms with Crippen molar-refractivity contribution in [1.82, 2.24) is 10.6 Å². The van der Waals surface area contributed by atoms with Gasteiger partial charge in [-0.2, -0.15) is 0 Å². The molecule has 1 aromatic rings. The second kappa shape index (κ2) is 6.78. The number of hydrogen-bond acceptors (Lipinski definition) is 2. The highest BCUT2D eigenvalue weighted by atomic mass is 35.5. The lowest BCUT2D eigenvalue weighted by atomic mass is 9.97. The van der Waals surface area contributed by atoms with Gasteiger partial charge >= 0.3 is 6.03 Å². The maximum atomic E-state index is 11.5. The van der Waals surface area contributed by atoms with E-state index in [2.05, 4.69) is 10.6 Å². The zero-order valence-corrected chi connectivity index (χ0v) is 12.3. The van der Waals surface area contributed by atoms with Crippen LogP contribution in [-0.2, 0) is 0 Å². The quantitative estimate of drug-likeness (QED) is 0.796. The lowest BCUT2D eigenvalue weighted by molar-refractivity contribution is 0.172. The Morgan fingerprint density at radius 2 is 1.84 bits per heavy atom. The van der Waals surface area contributed by atoms with Crippen molar-refractivity contribution in [2.75, 3.05) is 13.1 Å². The van der Waals surface area contributed by atoms with Crippen molar-refractivity contribution in [3.05, 3.63) is 34.9 Å². The van der Waals surface area contributed by atoms with Gasteiger partial charge in [-0.05, 0) is 23.1 Å². The normalized spacial score (nSPS) is 12.9. The Balaban J connectivity index is 2.35. The van der Waals surface area contributed by atoms with Gasteiger partial charge in [0.25, 0.3) is 0 Å². The first-order valence-corrected chi connectivity index (χ1v) is 6.61. The molecule has 0 aromatic heterocycles. The molecule has 1 rings (SSSR count). The molecule has 19 heavy (non-hydrogen) atoms. The van der Waals surface area contributed by atoms with Gasteiger partial charge in [0.1, 0.15) is 0 Å². The first-order valence-electron chi connectivity index (χ1n) is 6.23. The van der Waals surface area contributed by atoms with Crippen molar-refractivity contribution < 1.29 is 9.90 Å². The number of benzene rings is 1. The van der Waals surface area contributed by atoms with Crippen LogP contribution in [0.4, 0.5) is 4.79 Å². The van der Waals surface area contributed by atoms with Gasteiger partial charge in [-0.3, -0.25) is 0 Å². The van der Waals surface area contributed by atoms with E-state index in [0.717, 1.165) is 5.56 Å². The third-order valence-electron chi connectivity index (χ3n) is 2.49. The highest BCUT2D eigenvalue weighted by Gasteiger charge is 2.13. The van der Waals surface area contributed by atoms with Crippen molar-refractivity contribution in [2.24, 2.45) is 5.41 Å². The SMILES string of the molecule is CC(C)(C)CNC(=O)NCC(O)c1ccc(Cl)cc1. The molecule has 2 amide bonds. The number of urea groups is 1. The van der Waals surface area contributed by atoms with E-state index < -0.39 is 6.10 Å². The van der Waals surface area contributed by atoms with Crippen LogP contribution < -0.4 is 10.6 Å². The van der Waals surface area contributed by atoms with Crippen molar-refractivity contribution in [3.8, 4) is 0 Å². The Hall–Kier alpha value is -1.26. The number of rotatable bonds is 4. The van der Waals surface area contributed by atoms with Crippen LogP contribution in [0.15, 0.2) is 24.3 Å². The summed E-state index contributed by atoms with van der Waals surface area (Å²) >= 11 is 5.77. The Kier molecular flexibility index (Phi) is 5.63. The molecule has 0 heterocycles. The first-order chi connectivity index (χ1) is 8.78. The van der Waals surface area contributed by atoms with Crippen molar-refractivity contribution >= 4 is 17.6 Å². The Labute approximate surface area is 119 Å². The average Bonchev–Trinajstić information content (AvgIpc) is 2.33. The van der Waals surface area contributed by atoms with Gasteiger partial charge in [0.05, 0.1) is 6.10 Å². The van der Waals surface area contributed by atoms with E-state index in [1.54, 1.807) is 24.3 Å². The van der Waals surface area contributed by atoms with E-state index in [4.69, 9.17) is 11.6 Å². The number of nitrogens with one attached hydrogen (secondary N) is 2. The molecule has 1 unspecified atom stereocenters. The highest BCUT2D eigenvalue weighted by molar-refractivity contribution is 6.30. The Bertz CT molecular complexity index is 412. The number of carbonyl (C=O) groups is 1. The molecule has 0 bridgehead atoms. The lowest BCUT2D eigenvalue weighted by Gasteiger charge is -2.19. The van der Waals surface area contributed by atoms with Gasteiger partial charge in [-0.15, -0.1) is 0 Å². The standard InChI is InChI=1S/C14H21ClN2O2/c1-14(2,3)9-17-13(19)16-8-12(18)10-4-6-11(15)7-5-10/h4-7,12,18H,8-9H2,1-3H3,(H2,16,17,19). The molecule has 0 saturated heterocycles. The minimum absolute atomic E-state index is 0.0339. The number of hydrogen-bond donors (Lipinski definition) is 3. The first kappa shape index (κ1) is 15.8. The molecule has 5 heteroatoms. The fourth-order valence-electron chi connectivity index (χ4n) is 1.40. The van der Waals surface area contributed by atoms with Crippen LogP contribution in [0.5, 0.6) is 0 Å². The molecule has 0 aliphatic heterocycles. The van der Waals surface area contributed by atoms with Crippen LogP contribution in [-0.4, -0.2) is 24.2 Å². The van der Waals surface area contributed by atoms with E-state index in [9.17, 15) is 9.90 Å². The van der Waals surface area contributed by atoms with Crippen LogP contribution in [0, 0.1) is 5.41 Å². The summed E-state index contributed by atoms with van der Waals surface area (Å²) in [7, 11) is 0. The molecule has 0 fully saturated rings. The van der Waals surface area contributed by atoms with Crippen molar-refractivity contribution in [1.29, 1.82) is 0 Å². The van der Waals surface area contributed by atoms with E-state index in [1.165, 1.54) is 0 Å². The molecule has 4 nitrogen and oxygen atoms in total. The summed E-state index contributed by atoms with van der Waals surface area (Å²) in [5, 5.41) is 15.9. The number of carbonyl (C=O) groups excluding carboxylic acids is 1. The van der Waals surface area contributed by atoms with E-state index in [1.807, 2.05) is 20.8 Å². The molecule has 1 atom stereocenters. The summed E-state index contributed by atoms with van der Waals surface area (Å²) in [5.74, 6) is 0. The van der Waals surface area contributed by atoms with Crippen LogP contribution in [0.1, 0.15) is 32.4 Å². The summed E-state index contributed by atoms with van der Waals surface area (Å²) < 4.78 is 0. The third kappa shape index (κ3) is 6.45. The fraction of sp³-hybridized carbons (Fsp3) is 0.500. The highest BCUT2D eigenvalue weighted by Crippen LogP contribution is 2.15. The summed E-state index contributed by atoms with van der Waals surface area (Å²) in [6, 6.07) is 6.62. The van der Waals surface area contributed by atoms with Crippen LogP contribution in [0.2, 0.25) is 5.02 Å². The number of amides is 2. The number of halogens is 1. The zero-order chi connectivity index (χ0) is 14.5. The van der Waals surface area contributed by atoms with Crippen LogP contribution in [0.25, 0.3) is 0 Å². The monoisotopic (exact) mass is 284 g/mol. The third-order valence-corrected chi connectivity index (χ3v) is 2.74. The van der Waals surface area contributed by atoms with Crippen molar-refractivity contribution in [3.63, 3.8) is 0 Å². The molecule has 106 valence electrons. The van der Waals surface area contributed by atoms with Crippen molar-refractivity contribution in [2.45, 2.75) is 26.9 Å². The maximum Gasteiger partial charge on any atom is 0.314 e. The summed E-state index contributed by atoms with van der Waals surface area (Å²) in [6.07, 6.45) is -0.738. The van der Waals surface area contributed by atoms with Crippen LogP contribution in [0.3, 0.4) is 0 Å². The lowest BCUT2D eigenvalue weighted by Crippen LogP contribution is -2.41. The van der Waals surface area contributed by atoms with Gasteiger partial charge in [0.2, 0.25) is 0 Å². The zero-order valence-electron chi connectivity index (χ0n) is 11.5. The molecule has 0 aliphatic rings. The molecule has 1 aromatic carbocycles. The second-order valence-electron chi connectivity index (χ2n) is 5.69. The van der Waals surface area contributed by atoms with Gasteiger partial charge in [-0.1, -0.05) is 44.5 Å². The summed E-state index contributed by atoms with van der Waals surface area (Å²) in [6.45, 7) is 6.86. The van der Waals surface area contributed by atoms with Gasteiger partial charge in [0.15, 0.2) is 0 Å². The Morgan fingerprint density at radius 1 is 1.26 bits per heavy atom. The number of aliphatic hydroxyl groups is 1. The van der Waals surface area contributed by atoms with Crippen LogP contribution >= 0.6 is 11.6 Å². The maximum absolute atomic E-state index is 11.5. The smallest absolute Gasteiger partial charge is 0.314 e. The predicted octanol–water partition coefficient (Wildman–Crippen LogP) is 2.72. The number of aliphatic hydroxyl groups excluding tert-OH is 1. The van der Waals surface area contributed by atoms with E-state index >= 15 is 0 Å². The minimum atomic E-state index is -0.738. The van der Waals surface area contributed by atoms with E-state index in [0.29, 0.717) is 11.6 Å².